The van der Waals surface area contributed by atoms with E-state index < -0.39 is 0 Å². The van der Waals surface area contributed by atoms with Crippen molar-refractivity contribution >= 4 is 23.1 Å². The van der Waals surface area contributed by atoms with Gasteiger partial charge >= 0.3 is 0 Å². The van der Waals surface area contributed by atoms with Gasteiger partial charge in [-0.1, -0.05) is 30.7 Å². The van der Waals surface area contributed by atoms with Crippen LogP contribution >= 0.6 is 11.6 Å². The molecule has 1 aliphatic rings. The molecule has 17 heavy (non-hydrogen) atoms. The van der Waals surface area contributed by atoms with Gasteiger partial charge in [0.15, 0.2) is 0 Å². The molecule has 2 nitrogen and oxygen atoms in total. The van der Waals surface area contributed by atoms with Crippen LogP contribution in [0.2, 0.25) is 5.02 Å². The lowest BCUT2D eigenvalue weighted by Gasteiger charge is -2.23. The van der Waals surface area contributed by atoms with Gasteiger partial charge in [0, 0.05) is 10.6 Å². The molecule has 0 aliphatic carbocycles. The lowest BCUT2D eigenvalue weighted by Crippen LogP contribution is -2.25. The summed E-state index contributed by atoms with van der Waals surface area (Å²) in [6.07, 6.45) is 0.859. The van der Waals surface area contributed by atoms with E-state index >= 15 is 0 Å². The van der Waals surface area contributed by atoms with Crippen LogP contribution in [-0.4, -0.2) is 11.5 Å². The Morgan fingerprint density at radius 1 is 1.29 bits per heavy atom. The van der Waals surface area contributed by atoms with Gasteiger partial charge in [0.25, 0.3) is 0 Å². The Balaban J connectivity index is 2.50. The highest BCUT2D eigenvalue weighted by atomic mass is 35.5. The molecule has 0 fully saturated rings. The number of halogens is 1. The highest BCUT2D eigenvalue weighted by molar-refractivity contribution is 6.30. The molecular weight excluding hydrogens is 234 g/mol. The maximum absolute atomic E-state index is 7.97. The molecule has 1 heterocycles. The van der Waals surface area contributed by atoms with Crippen molar-refractivity contribution in [3.63, 3.8) is 0 Å². The first-order valence-corrected chi connectivity index (χ1v) is 6.11. The number of ether oxygens (including phenoxy) is 1. The molecular formula is C14H16ClNO. The van der Waals surface area contributed by atoms with Gasteiger partial charge in [0.2, 0.25) is 5.90 Å². The minimum absolute atomic E-state index is 0.258. The van der Waals surface area contributed by atoms with Crippen molar-refractivity contribution in [2.45, 2.75) is 32.8 Å². The van der Waals surface area contributed by atoms with E-state index in [1.54, 1.807) is 0 Å². The fraction of sp³-hybridized carbons (Fsp3) is 0.357. The summed E-state index contributed by atoms with van der Waals surface area (Å²) in [6, 6.07) is 7.54. The molecule has 90 valence electrons. The highest BCUT2D eigenvalue weighted by Crippen LogP contribution is 2.39. The summed E-state index contributed by atoms with van der Waals surface area (Å²) in [7, 11) is 0. The Morgan fingerprint density at radius 3 is 2.35 bits per heavy atom. The smallest absolute Gasteiger partial charge is 0.214 e. The molecule has 0 spiro atoms. The van der Waals surface area contributed by atoms with Crippen LogP contribution in [0.3, 0.4) is 0 Å². The largest absolute Gasteiger partial charge is 0.467 e. The maximum Gasteiger partial charge on any atom is 0.214 e. The van der Waals surface area contributed by atoms with Crippen molar-refractivity contribution in [3.8, 4) is 0 Å². The van der Waals surface area contributed by atoms with Gasteiger partial charge in [-0.2, -0.15) is 0 Å². The molecule has 0 amide bonds. The molecule has 1 aliphatic heterocycles. The summed E-state index contributed by atoms with van der Waals surface area (Å²) in [6.45, 7) is 6.14. The number of hydrogen-bond donors (Lipinski definition) is 1. The molecule has 0 bridgehead atoms. The maximum atomic E-state index is 7.97. The van der Waals surface area contributed by atoms with Crippen LogP contribution in [0.5, 0.6) is 0 Å². The molecule has 0 radical (unpaired) electrons. The summed E-state index contributed by atoms with van der Waals surface area (Å²) in [5.74, 6) is 0.258. The van der Waals surface area contributed by atoms with Crippen LogP contribution < -0.4 is 0 Å². The average Bonchev–Trinajstić information content (AvgIpc) is 2.53. The van der Waals surface area contributed by atoms with Crippen molar-refractivity contribution < 1.29 is 4.74 Å². The van der Waals surface area contributed by atoms with Crippen LogP contribution in [0.4, 0.5) is 0 Å². The normalized spacial score (nSPS) is 24.1. The van der Waals surface area contributed by atoms with Crippen LogP contribution in [-0.2, 0) is 4.74 Å². The first-order valence-electron chi connectivity index (χ1n) is 5.73. The SMILES string of the molecule is CCC1(C)OC(=N)C(c2ccc(Cl)cc2)=C1C. The van der Waals surface area contributed by atoms with Crippen molar-refractivity contribution in [2.75, 3.05) is 0 Å². The van der Waals surface area contributed by atoms with Crippen LogP contribution in [0.15, 0.2) is 29.8 Å². The second kappa shape index (κ2) is 4.19. The molecule has 0 saturated heterocycles. The lowest BCUT2D eigenvalue weighted by atomic mass is 9.90. The lowest BCUT2D eigenvalue weighted by molar-refractivity contribution is 0.123. The summed E-state index contributed by atoms with van der Waals surface area (Å²) in [4.78, 5) is 0. The van der Waals surface area contributed by atoms with Gasteiger partial charge in [-0.25, -0.2) is 0 Å². The van der Waals surface area contributed by atoms with E-state index in [-0.39, 0.29) is 11.5 Å². The third kappa shape index (κ3) is 1.98. The minimum atomic E-state index is -0.341. The highest BCUT2D eigenvalue weighted by Gasteiger charge is 2.38. The third-order valence-corrected chi connectivity index (χ3v) is 3.78. The number of hydrogen-bond acceptors (Lipinski definition) is 2. The molecule has 2 rings (SSSR count). The zero-order valence-electron chi connectivity index (χ0n) is 10.3. The van der Waals surface area contributed by atoms with E-state index in [0.29, 0.717) is 5.02 Å². The monoisotopic (exact) mass is 249 g/mol. The Morgan fingerprint density at radius 2 is 1.88 bits per heavy atom. The molecule has 3 heteroatoms. The van der Waals surface area contributed by atoms with Gasteiger partial charge in [-0.05, 0) is 43.5 Å². The van der Waals surface area contributed by atoms with Crippen molar-refractivity contribution in [2.24, 2.45) is 0 Å². The molecule has 1 unspecified atom stereocenters. The summed E-state index contributed by atoms with van der Waals surface area (Å²) >= 11 is 5.87. The molecule has 0 saturated carbocycles. The van der Waals surface area contributed by atoms with Crippen LogP contribution in [0.25, 0.3) is 5.57 Å². The van der Waals surface area contributed by atoms with E-state index in [0.717, 1.165) is 23.1 Å². The van der Waals surface area contributed by atoms with Gasteiger partial charge in [-0.15, -0.1) is 0 Å². The fourth-order valence-electron chi connectivity index (χ4n) is 2.09. The standard InChI is InChI=1S/C14H16ClNO/c1-4-14(3)9(2)12(13(16)17-14)10-5-7-11(15)8-6-10/h5-8,16H,4H2,1-3H3. The fourth-order valence-corrected chi connectivity index (χ4v) is 2.22. The molecule has 0 aromatic heterocycles. The molecule has 1 aromatic rings. The summed E-state index contributed by atoms with van der Waals surface area (Å²) in [5, 5.41) is 8.68. The van der Waals surface area contributed by atoms with Gasteiger partial charge in [0.1, 0.15) is 5.60 Å². The molecule has 1 N–H and O–H groups in total. The van der Waals surface area contributed by atoms with Crippen molar-refractivity contribution in [1.29, 1.82) is 5.41 Å². The second-order valence-corrected chi connectivity index (χ2v) is 4.96. The van der Waals surface area contributed by atoms with Crippen molar-refractivity contribution in [1.82, 2.24) is 0 Å². The number of nitrogens with one attached hydrogen (secondary N) is 1. The summed E-state index contributed by atoms with van der Waals surface area (Å²) in [5.41, 5.74) is 2.67. The van der Waals surface area contributed by atoms with E-state index in [2.05, 4.69) is 6.92 Å². The number of rotatable bonds is 2. The van der Waals surface area contributed by atoms with E-state index in [9.17, 15) is 0 Å². The average molecular weight is 250 g/mol. The first-order chi connectivity index (χ1) is 7.98. The predicted molar refractivity (Wildman–Crippen MR) is 71.6 cm³/mol. The Bertz CT molecular complexity index is 489. The Kier molecular flexibility index (Phi) is 3.00. The molecule has 1 aromatic carbocycles. The topological polar surface area (TPSA) is 33.1 Å². The quantitative estimate of drug-likeness (QED) is 0.833. The van der Waals surface area contributed by atoms with Crippen LogP contribution in [0.1, 0.15) is 32.8 Å². The van der Waals surface area contributed by atoms with E-state index in [4.69, 9.17) is 21.7 Å². The van der Waals surface area contributed by atoms with Gasteiger partial charge in [-0.3, -0.25) is 5.41 Å². The van der Waals surface area contributed by atoms with E-state index in [1.165, 1.54) is 0 Å². The number of benzene rings is 1. The van der Waals surface area contributed by atoms with Crippen LogP contribution in [0, 0.1) is 5.41 Å². The predicted octanol–water partition coefficient (Wildman–Crippen LogP) is 4.29. The van der Waals surface area contributed by atoms with Gasteiger partial charge < -0.3 is 4.74 Å². The first kappa shape index (κ1) is 12.2. The molecule has 1 atom stereocenters. The Labute approximate surface area is 107 Å². The van der Waals surface area contributed by atoms with E-state index in [1.807, 2.05) is 38.1 Å². The third-order valence-electron chi connectivity index (χ3n) is 3.53. The minimum Gasteiger partial charge on any atom is -0.467 e. The van der Waals surface area contributed by atoms with Crippen molar-refractivity contribution in [3.05, 3.63) is 40.4 Å². The zero-order valence-corrected chi connectivity index (χ0v) is 11.1. The Hall–Kier alpha value is -1.28. The second-order valence-electron chi connectivity index (χ2n) is 4.52. The van der Waals surface area contributed by atoms with Gasteiger partial charge in [0.05, 0.1) is 0 Å². The summed E-state index contributed by atoms with van der Waals surface area (Å²) < 4.78 is 5.68. The zero-order chi connectivity index (χ0) is 12.6.